The van der Waals surface area contributed by atoms with Crippen molar-refractivity contribution in [2.45, 2.75) is 0 Å². The fourth-order valence-corrected chi connectivity index (χ4v) is 0.0742. The van der Waals surface area contributed by atoms with Gasteiger partial charge >= 0.3 is 0 Å². The van der Waals surface area contributed by atoms with Crippen LogP contribution in [0, 0.1) is 0 Å². The molecule has 0 N–H and O–H groups in total. The van der Waals surface area contributed by atoms with E-state index in [0.29, 0.717) is 0 Å². The van der Waals surface area contributed by atoms with E-state index in [1.807, 2.05) is 0 Å². The van der Waals surface area contributed by atoms with Gasteiger partial charge < -0.3 is 4.84 Å². The van der Waals surface area contributed by atoms with E-state index < -0.39 is 0 Å². The third-order valence-corrected chi connectivity index (χ3v) is 0.211. The van der Waals surface area contributed by atoms with Gasteiger partial charge in [-0.25, -0.2) is 0 Å². The molecule has 1 radical (unpaired) electrons. The Kier molecular flexibility index (Phi) is 3.55. The summed E-state index contributed by atoms with van der Waals surface area (Å²) in [5.41, 5.74) is 0. The molecule has 0 aromatic heterocycles. The molecule has 0 bridgehead atoms. The highest BCUT2D eigenvalue weighted by atomic mass is 16.6. The molecule has 0 rings (SSSR count). The van der Waals surface area contributed by atoms with E-state index >= 15 is 0 Å². The van der Waals surface area contributed by atoms with Crippen molar-refractivity contribution in [1.82, 2.24) is 0 Å². The molecule has 0 saturated heterocycles. The van der Waals surface area contributed by atoms with Crippen molar-refractivity contribution >= 4 is 12.5 Å². The minimum absolute atomic E-state index is 0.903. The molecule has 0 aromatic rings. The van der Waals surface area contributed by atoms with Crippen LogP contribution in [0.2, 0.25) is 0 Å². The molecule has 6 heavy (non-hydrogen) atoms. The number of carbonyl (C=O) groups excluding carboxylic acids is 1. The highest BCUT2D eigenvalue weighted by molar-refractivity contribution is 6.13. The maximum atomic E-state index is 9.21. The van der Waals surface area contributed by atoms with Gasteiger partial charge in [0.15, 0.2) is 0 Å². The van der Waals surface area contributed by atoms with Crippen LogP contribution in [0.1, 0.15) is 0 Å². The smallest absolute Gasteiger partial charge is 0.248 e. The number of hydrogen-bond donors (Lipinski definition) is 0. The SMILES string of the molecule is CO/N=C\[C]=O. The number of rotatable bonds is 2. The fourth-order valence-electron chi connectivity index (χ4n) is 0.0742. The summed E-state index contributed by atoms with van der Waals surface area (Å²) >= 11 is 0. The van der Waals surface area contributed by atoms with Gasteiger partial charge in [0.1, 0.15) is 13.3 Å². The first kappa shape index (κ1) is 5.14. The van der Waals surface area contributed by atoms with Gasteiger partial charge in [0.2, 0.25) is 6.29 Å². The van der Waals surface area contributed by atoms with Crippen molar-refractivity contribution in [3.8, 4) is 0 Å². The van der Waals surface area contributed by atoms with Gasteiger partial charge in [0.05, 0.1) is 0 Å². The molecule has 0 aromatic carbocycles. The molecule has 3 nitrogen and oxygen atoms in total. The van der Waals surface area contributed by atoms with E-state index in [2.05, 4.69) is 9.99 Å². The van der Waals surface area contributed by atoms with Crippen LogP contribution < -0.4 is 0 Å². The summed E-state index contributed by atoms with van der Waals surface area (Å²) in [6.45, 7) is 0. The zero-order valence-electron chi connectivity index (χ0n) is 3.34. The largest absolute Gasteiger partial charge is 0.399 e. The van der Waals surface area contributed by atoms with E-state index in [1.165, 1.54) is 13.4 Å². The number of oxime groups is 1. The molecule has 0 heterocycles. The van der Waals surface area contributed by atoms with Gasteiger partial charge in [-0.3, -0.25) is 4.79 Å². The lowest BCUT2D eigenvalue weighted by Crippen LogP contribution is -1.72. The molecule has 0 saturated carbocycles. The molecule has 0 spiro atoms. The first-order chi connectivity index (χ1) is 2.91. The average Bonchev–Trinajstić information content (AvgIpc) is 1.61. The van der Waals surface area contributed by atoms with E-state index in [1.54, 1.807) is 0 Å². The minimum atomic E-state index is 0.903. The predicted molar refractivity (Wildman–Crippen MR) is 21.2 cm³/mol. The Morgan fingerprint density at radius 2 is 2.67 bits per heavy atom. The molecule has 3 heteroatoms. The standard InChI is InChI=1S/C3H4NO2/c1-6-4-2-3-5/h2H,1H3/b4-2-. The van der Waals surface area contributed by atoms with Crippen LogP contribution in [0.5, 0.6) is 0 Å². The highest BCUT2D eigenvalue weighted by Crippen LogP contribution is 1.56. The molecule has 0 aliphatic heterocycles. The van der Waals surface area contributed by atoms with Crippen molar-refractivity contribution in [2.24, 2.45) is 5.16 Å². The molecular weight excluding hydrogens is 82.0 g/mol. The van der Waals surface area contributed by atoms with Crippen LogP contribution in [0.4, 0.5) is 0 Å². The summed E-state index contributed by atoms with van der Waals surface area (Å²) in [5, 5.41) is 3.04. The van der Waals surface area contributed by atoms with Gasteiger partial charge in [0.25, 0.3) is 0 Å². The van der Waals surface area contributed by atoms with Crippen LogP contribution in [-0.4, -0.2) is 19.6 Å². The van der Waals surface area contributed by atoms with Gasteiger partial charge in [-0.2, -0.15) is 0 Å². The molecule has 0 aliphatic carbocycles. The molecular formula is C3H4NO2. The lowest BCUT2D eigenvalue weighted by Gasteiger charge is -1.74. The Labute approximate surface area is 35.6 Å². The summed E-state index contributed by atoms with van der Waals surface area (Å²) in [6.07, 6.45) is 2.30. The normalized spacial score (nSPS) is 8.83. The molecule has 0 aliphatic rings. The molecule has 0 fully saturated rings. The zero-order chi connectivity index (χ0) is 4.83. The second kappa shape index (κ2) is 4.14. The number of nitrogens with zero attached hydrogens (tertiary/aromatic N) is 1. The molecule has 33 valence electrons. The molecule has 0 unspecified atom stereocenters. The first-order valence-electron chi connectivity index (χ1n) is 1.34. The third-order valence-electron chi connectivity index (χ3n) is 0.211. The third kappa shape index (κ3) is 3.14. The van der Waals surface area contributed by atoms with Crippen molar-refractivity contribution in [3.63, 3.8) is 0 Å². The van der Waals surface area contributed by atoms with Gasteiger partial charge in [-0.1, -0.05) is 5.16 Å². The van der Waals surface area contributed by atoms with Gasteiger partial charge in [0, 0.05) is 0 Å². The van der Waals surface area contributed by atoms with Crippen LogP contribution in [0.15, 0.2) is 5.16 Å². The monoisotopic (exact) mass is 86.0 g/mol. The topological polar surface area (TPSA) is 38.7 Å². The van der Waals surface area contributed by atoms with E-state index in [-0.39, 0.29) is 0 Å². The van der Waals surface area contributed by atoms with Crippen LogP contribution in [0.3, 0.4) is 0 Å². The van der Waals surface area contributed by atoms with Crippen LogP contribution >= 0.6 is 0 Å². The predicted octanol–water partition coefficient (Wildman–Crippen LogP) is -0.272. The zero-order valence-corrected chi connectivity index (χ0v) is 3.34. The van der Waals surface area contributed by atoms with Gasteiger partial charge in [-0.15, -0.1) is 0 Å². The van der Waals surface area contributed by atoms with Crippen molar-refractivity contribution in [3.05, 3.63) is 0 Å². The lowest BCUT2D eigenvalue weighted by atomic mass is 10.9. The summed E-state index contributed by atoms with van der Waals surface area (Å²) in [5.74, 6) is 0. The molecule has 0 amide bonds. The maximum Gasteiger partial charge on any atom is 0.248 e. The Bertz CT molecular complexity index is 59.8. The minimum Gasteiger partial charge on any atom is -0.399 e. The average molecular weight is 86.1 g/mol. The number of hydrogen-bond acceptors (Lipinski definition) is 3. The summed E-state index contributed by atoms with van der Waals surface area (Å²) in [6, 6.07) is 0. The second-order valence-corrected chi connectivity index (χ2v) is 0.535. The van der Waals surface area contributed by atoms with E-state index in [0.717, 1.165) is 6.21 Å². The van der Waals surface area contributed by atoms with Crippen molar-refractivity contribution < 1.29 is 9.63 Å². The Morgan fingerprint density at radius 1 is 2.00 bits per heavy atom. The Balaban J connectivity index is 2.94. The lowest BCUT2D eigenvalue weighted by molar-refractivity contribution is 0.216. The van der Waals surface area contributed by atoms with Crippen molar-refractivity contribution in [2.75, 3.05) is 7.11 Å². The Hall–Kier alpha value is -0.860. The highest BCUT2D eigenvalue weighted by Gasteiger charge is 1.59. The summed E-state index contributed by atoms with van der Waals surface area (Å²) in [4.78, 5) is 13.3. The van der Waals surface area contributed by atoms with E-state index in [9.17, 15) is 4.79 Å². The quantitative estimate of drug-likeness (QED) is 0.342. The second-order valence-electron chi connectivity index (χ2n) is 0.535. The van der Waals surface area contributed by atoms with Crippen LogP contribution in [0.25, 0.3) is 0 Å². The van der Waals surface area contributed by atoms with Gasteiger partial charge in [-0.05, 0) is 0 Å². The summed E-state index contributed by atoms with van der Waals surface area (Å²) < 4.78 is 0. The van der Waals surface area contributed by atoms with E-state index in [4.69, 9.17) is 0 Å². The Morgan fingerprint density at radius 3 is 2.83 bits per heavy atom. The van der Waals surface area contributed by atoms with Crippen molar-refractivity contribution in [1.29, 1.82) is 0 Å². The first-order valence-corrected chi connectivity index (χ1v) is 1.34. The fraction of sp³-hybridized carbons (Fsp3) is 0.333. The molecule has 0 atom stereocenters. The van der Waals surface area contributed by atoms with Crippen LogP contribution in [-0.2, 0) is 9.63 Å². The maximum absolute atomic E-state index is 9.21. The summed E-state index contributed by atoms with van der Waals surface area (Å²) in [7, 11) is 1.36.